The van der Waals surface area contributed by atoms with E-state index in [1.54, 1.807) is 13.1 Å². The van der Waals surface area contributed by atoms with Gasteiger partial charge in [-0.05, 0) is 44.0 Å². The lowest BCUT2D eigenvalue weighted by Gasteiger charge is -2.13. The van der Waals surface area contributed by atoms with Crippen molar-refractivity contribution in [2.75, 3.05) is 6.61 Å². The van der Waals surface area contributed by atoms with Crippen LogP contribution in [0.1, 0.15) is 35.5 Å². The molecule has 4 heteroatoms. The molecule has 0 radical (unpaired) electrons. The highest BCUT2D eigenvalue weighted by molar-refractivity contribution is 5.97. The zero-order chi connectivity index (χ0) is 14.5. The first-order valence-electron chi connectivity index (χ1n) is 6.76. The predicted octanol–water partition coefficient (Wildman–Crippen LogP) is 3.19. The topological polar surface area (TPSA) is 52.1 Å². The number of carbonyl (C=O) groups excluding carboxylic acids is 1. The minimum Gasteiger partial charge on any atom is -0.462 e. The maximum absolute atomic E-state index is 12.2. The van der Waals surface area contributed by atoms with E-state index in [2.05, 4.69) is 9.97 Å². The van der Waals surface area contributed by atoms with Crippen LogP contribution in [0.15, 0.2) is 30.5 Å². The second-order valence-corrected chi connectivity index (χ2v) is 4.44. The molecule has 104 valence electrons. The number of esters is 1. The Kier molecular flexibility index (Phi) is 4.45. The third kappa shape index (κ3) is 2.85. The highest BCUT2D eigenvalue weighted by Crippen LogP contribution is 2.25. The molecule has 0 aliphatic rings. The van der Waals surface area contributed by atoms with Crippen LogP contribution in [0.25, 0.3) is 11.4 Å². The summed E-state index contributed by atoms with van der Waals surface area (Å²) >= 11 is 0. The van der Waals surface area contributed by atoms with Gasteiger partial charge in [-0.2, -0.15) is 0 Å². The third-order valence-electron chi connectivity index (χ3n) is 3.00. The van der Waals surface area contributed by atoms with Crippen molar-refractivity contribution in [2.45, 2.75) is 27.2 Å². The summed E-state index contributed by atoms with van der Waals surface area (Å²) < 4.78 is 5.17. The Morgan fingerprint density at radius 3 is 2.70 bits per heavy atom. The molecule has 0 saturated heterocycles. The van der Waals surface area contributed by atoms with Crippen LogP contribution < -0.4 is 0 Å². The summed E-state index contributed by atoms with van der Waals surface area (Å²) in [6.07, 6.45) is 2.44. The zero-order valence-corrected chi connectivity index (χ0v) is 12.0. The van der Waals surface area contributed by atoms with Gasteiger partial charge in [0.2, 0.25) is 0 Å². The Labute approximate surface area is 118 Å². The maximum atomic E-state index is 12.2. The van der Waals surface area contributed by atoms with Gasteiger partial charge in [-0.25, -0.2) is 4.79 Å². The molecule has 0 amide bonds. The molecule has 0 bridgehead atoms. The average Bonchev–Trinajstić information content (AvgIpc) is 2.47. The van der Waals surface area contributed by atoms with Crippen molar-refractivity contribution < 1.29 is 9.53 Å². The van der Waals surface area contributed by atoms with E-state index in [-0.39, 0.29) is 5.97 Å². The second kappa shape index (κ2) is 6.28. The Morgan fingerprint density at radius 1 is 1.30 bits per heavy atom. The first kappa shape index (κ1) is 14.2. The summed E-state index contributed by atoms with van der Waals surface area (Å²) in [5.74, 6) is -0.336. The molecule has 0 aliphatic heterocycles. The predicted molar refractivity (Wildman–Crippen MR) is 77.5 cm³/mol. The molecule has 2 heterocycles. The van der Waals surface area contributed by atoms with Crippen LogP contribution >= 0.6 is 0 Å². The van der Waals surface area contributed by atoms with Crippen molar-refractivity contribution >= 4 is 5.97 Å². The molecule has 2 aromatic heterocycles. The zero-order valence-electron chi connectivity index (χ0n) is 12.0. The minimum atomic E-state index is -0.336. The van der Waals surface area contributed by atoms with E-state index in [0.717, 1.165) is 17.7 Å². The summed E-state index contributed by atoms with van der Waals surface area (Å²) in [6.45, 7) is 6.07. The second-order valence-electron chi connectivity index (χ2n) is 4.44. The van der Waals surface area contributed by atoms with E-state index in [1.807, 2.05) is 38.1 Å². The van der Waals surface area contributed by atoms with Crippen molar-refractivity contribution in [3.05, 3.63) is 47.3 Å². The van der Waals surface area contributed by atoms with E-state index in [4.69, 9.17) is 4.74 Å². The molecule has 0 atom stereocenters. The molecule has 0 spiro atoms. The van der Waals surface area contributed by atoms with E-state index in [0.29, 0.717) is 23.6 Å². The lowest BCUT2D eigenvalue weighted by molar-refractivity contribution is 0.0525. The number of aryl methyl sites for hydroxylation is 2. The molecule has 2 rings (SSSR count). The smallest absolute Gasteiger partial charge is 0.340 e. The molecular formula is C16H18N2O2. The number of hydrogen-bond acceptors (Lipinski definition) is 4. The third-order valence-corrected chi connectivity index (χ3v) is 3.00. The van der Waals surface area contributed by atoms with Crippen LogP contribution in [-0.4, -0.2) is 22.5 Å². The first-order chi connectivity index (χ1) is 9.67. The Balaban J connectivity index is 2.65. The molecule has 0 aliphatic carbocycles. The Hall–Kier alpha value is -2.23. The Morgan fingerprint density at radius 2 is 2.10 bits per heavy atom. The standard InChI is InChI=1S/C16H18N2O2/c1-4-12-10-11(3)18-15(13-8-6-7-9-17-13)14(12)16(19)20-5-2/h6-10H,4-5H2,1-3H3. The summed E-state index contributed by atoms with van der Waals surface area (Å²) in [5.41, 5.74) is 3.63. The summed E-state index contributed by atoms with van der Waals surface area (Å²) in [5, 5.41) is 0. The monoisotopic (exact) mass is 270 g/mol. The molecule has 0 unspecified atom stereocenters. The highest BCUT2D eigenvalue weighted by atomic mass is 16.5. The fourth-order valence-corrected chi connectivity index (χ4v) is 2.14. The number of hydrogen-bond donors (Lipinski definition) is 0. The highest BCUT2D eigenvalue weighted by Gasteiger charge is 2.20. The van der Waals surface area contributed by atoms with E-state index < -0.39 is 0 Å². The van der Waals surface area contributed by atoms with Crippen molar-refractivity contribution in [3.63, 3.8) is 0 Å². The fraction of sp³-hybridized carbons (Fsp3) is 0.312. The number of aromatic nitrogens is 2. The number of ether oxygens (including phenoxy) is 1. The molecular weight excluding hydrogens is 252 g/mol. The first-order valence-corrected chi connectivity index (χ1v) is 6.76. The van der Waals surface area contributed by atoms with Gasteiger partial charge in [0, 0.05) is 11.9 Å². The van der Waals surface area contributed by atoms with Gasteiger partial charge in [0.05, 0.1) is 17.9 Å². The van der Waals surface area contributed by atoms with Crippen LogP contribution in [-0.2, 0) is 11.2 Å². The number of rotatable bonds is 4. The molecule has 0 aromatic carbocycles. The van der Waals surface area contributed by atoms with Crippen LogP contribution in [0.2, 0.25) is 0 Å². The molecule has 0 N–H and O–H groups in total. The van der Waals surface area contributed by atoms with Crippen LogP contribution in [0.4, 0.5) is 0 Å². The van der Waals surface area contributed by atoms with Crippen molar-refractivity contribution in [3.8, 4) is 11.4 Å². The van der Waals surface area contributed by atoms with E-state index in [9.17, 15) is 4.79 Å². The summed E-state index contributed by atoms with van der Waals surface area (Å²) in [4.78, 5) is 21.0. The van der Waals surface area contributed by atoms with Gasteiger partial charge >= 0.3 is 5.97 Å². The lowest BCUT2D eigenvalue weighted by atomic mass is 10.0. The summed E-state index contributed by atoms with van der Waals surface area (Å²) in [6, 6.07) is 7.50. The average molecular weight is 270 g/mol. The van der Waals surface area contributed by atoms with Gasteiger partial charge in [0.15, 0.2) is 0 Å². The SMILES string of the molecule is CCOC(=O)c1c(CC)cc(C)nc1-c1ccccn1. The fourth-order valence-electron chi connectivity index (χ4n) is 2.14. The van der Waals surface area contributed by atoms with Gasteiger partial charge in [0.25, 0.3) is 0 Å². The van der Waals surface area contributed by atoms with Gasteiger partial charge in [-0.3, -0.25) is 9.97 Å². The number of nitrogens with zero attached hydrogens (tertiary/aromatic N) is 2. The van der Waals surface area contributed by atoms with Crippen LogP contribution in [0, 0.1) is 6.92 Å². The van der Waals surface area contributed by atoms with Crippen molar-refractivity contribution in [2.24, 2.45) is 0 Å². The molecule has 0 saturated carbocycles. The van der Waals surface area contributed by atoms with Crippen molar-refractivity contribution in [1.82, 2.24) is 9.97 Å². The van der Waals surface area contributed by atoms with E-state index in [1.165, 1.54) is 0 Å². The number of carbonyl (C=O) groups is 1. The van der Waals surface area contributed by atoms with Crippen molar-refractivity contribution in [1.29, 1.82) is 0 Å². The van der Waals surface area contributed by atoms with Gasteiger partial charge in [-0.1, -0.05) is 13.0 Å². The maximum Gasteiger partial charge on any atom is 0.340 e. The van der Waals surface area contributed by atoms with Gasteiger partial charge < -0.3 is 4.74 Å². The molecule has 4 nitrogen and oxygen atoms in total. The van der Waals surface area contributed by atoms with Gasteiger partial charge in [0.1, 0.15) is 5.69 Å². The van der Waals surface area contributed by atoms with Gasteiger partial charge in [-0.15, -0.1) is 0 Å². The normalized spacial score (nSPS) is 10.3. The Bertz CT molecular complexity index is 609. The summed E-state index contributed by atoms with van der Waals surface area (Å²) in [7, 11) is 0. The van der Waals surface area contributed by atoms with Crippen LogP contribution in [0.5, 0.6) is 0 Å². The quantitative estimate of drug-likeness (QED) is 0.801. The number of pyridine rings is 2. The molecule has 2 aromatic rings. The van der Waals surface area contributed by atoms with E-state index >= 15 is 0 Å². The molecule has 20 heavy (non-hydrogen) atoms. The molecule has 0 fully saturated rings. The lowest BCUT2D eigenvalue weighted by Crippen LogP contribution is -2.12. The van der Waals surface area contributed by atoms with Crippen LogP contribution in [0.3, 0.4) is 0 Å². The minimum absolute atomic E-state index is 0.336. The largest absolute Gasteiger partial charge is 0.462 e.